The third-order valence-electron chi connectivity index (χ3n) is 3.55. The van der Waals surface area contributed by atoms with Gasteiger partial charge in [-0.3, -0.25) is 9.59 Å². The summed E-state index contributed by atoms with van der Waals surface area (Å²) in [5.74, 6) is -0.107. The number of nitrogens with zero attached hydrogens (tertiary/aromatic N) is 2. The first-order valence-electron chi connectivity index (χ1n) is 7.60. The second-order valence-corrected chi connectivity index (χ2v) is 7.32. The largest absolute Gasteiger partial charge is 0.340 e. The maximum Gasteiger partial charge on any atom is 0.226 e. The molecule has 1 aromatic rings. The van der Waals surface area contributed by atoms with Gasteiger partial charge in [0.25, 0.3) is 0 Å². The SMILES string of the molecule is CC(C)(C)c1csc(NC(=O)CCC(=O)N2CCNCC2)n1. The lowest BCUT2D eigenvalue weighted by Gasteiger charge is -2.27. The number of thiazole rings is 1. The van der Waals surface area contributed by atoms with Gasteiger partial charge < -0.3 is 15.5 Å². The Labute approximate surface area is 135 Å². The monoisotopic (exact) mass is 324 g/mol. The molecule has 0 aliphatic carbocycles. The summed E-state index contributed by atoms with van der Waals surface area (Å²) in [7, 11) is 0. The Morgan fingerprint density at radius 1 is 1.32 bits per heavy atom. The average molecular weight is 324 g/mol. The van der Waals surface area contributed by atoms with Gasteiger partial charge in [0.1, 0.15) is 0 Å². The van der Waals surface area contributed by atoms with Crippen LogP contribution in [0.4, 0.5) is 5.13 Å². The Bertz CT molecular complexity index is 530. The van der Waals surface area contributed by atoms with Gasteiger partial charge in [0, 0.05) is 49.8 Å². The zero-order valence-corrected chi connectivity index (χ0v) is 14.3. The molecule has 2 amide bonds. The normalized spacial score (nSPS) is 15.7. The highest BCUT2D eigenvalue weighted by atomic mass is 32.1. The molecule has 0 radical (unpaired) electrons. The quantitative estimate of drug-likeness (QED) is 0.882. The van der Waals surface area contributed by atoms with Crippen LogP contribution in [0.1, 0.15) is 39.3 Å². The van der Waals surface area contributed by atoms with Crippen LogP contribution in [0.3, 0.4) is 0 Å². The van der Waals surface area contributed by atoms with Gasteiger partial charge in [0.15, 0.2) is 5.13 Å². The molecule has 1 aromatic heterocycles. The number of nitrogens with one attached hydrogen (secondary N) is 2. The lowest BCUT2D eigenvalue weighted by atomic mass is 9.93. The molecule has 0 saturated carbocycles. The summed E-state index contributed by atoms with van der Waals surface area (Å²) < 4.78 is 0. The van der Waals surface area contributed by atoms with Crippen molar-refractivity contribution in [2.24, 2.45) is 0 Å². The Hall–Kier alpha value is -1.47. The molecule has 0 unspecified atom stereocenters. The zero-order valence-electron chi connectivity index (χ0n) is 13.4. The predicted octanol–water partition coefficient (Wildman–Crippen LogP) is 1.59. The summed E-state index contributed by atoms with van der Waals surface area (Å²) in [6.45, 7) is 9.35. The van der Waals surface area contributed by atoms with Crippen LogP contribution in [-0.4, -0.2) is 47.9 Å². The molecular formula is C15H24N4O2S. The van der Waals surface area contributed by atoms with Crippen molar-refractivity contribution in [1.82, 2.24) is 15.2 Å². The van der Waals surface area contributed by atoms with Gasteiger partial charge in [0.2, 0.25) is 11.8 Å². The Morgan fingerprint density at radius 3 is 2.59 bits per heavy atom. The van der Waals surface area contributed by atoms with Gasteiger partial charge >= 0.3 is 0 Å². The molecule has 0 aromatic carbocycles. The van der Waals surface area contributed by atoms with Crippen LogP contribution in [0.5, 0.6) is 0 Å². The average Bonchev–Trinajstić information content (AvgIpc) is 2.94. The first-order valence-corrected chi connectivity index (χ1v) is 8.48. The highest BCUT2D eigenvalue weighted by Crippen LogP contribution is 2.26. The molecule has 1 aliphatic heterocycles. The molecule has 7 heteroatoms. The summed E-state index contributed by atoms with van der Waals surface area (Å²) in [6.07, 6.45) is 0.455. The van der Waals surface area contributed by atoms with Crippen LogP contribution >= 0.6 is 11.3 Å². The Kier molecular flexibility index (Phi) is 5.52. The minimum atomic E-state index is -0.154. The Morgan fingerprint density at radius 2 is 2.00 bits per heavy atom. The van der Waals surface area contributed by atoms with Crippen LogP contribution in [0, 0.1) is 0 Å². The number of piperazine rings is 1. The topological polar surface area (TPSA) is 74.3 Å². The predicted molar refractivity (Wildman–Crippen MR) is 88.1 cm³/mol. The van der Waals surface area contributed by atoms with E-state index in [0.717, 1.165) is 31.9 Å². The van der Waals surface area contributed by atoms with E-state index in [9.17, 15) is 9.59 Å². The van der Waals surface area contributed by atoms with Crippen molar-refractivity contribution in [3.63, 3.8) is 0 Å². The molecule has 0 atom stereocenters. The van der Waals surface area contributed by atoms with Crippen molar-refractivity contribution >= 4 is 28.3 Å². The summed E-state index contributed by atoms with van der Waals surface area (Å²) in [6, 6.07) is 0. The van der Waals surface area contributed by atoms with E-state index in [1.54, 1.807) is 0 Å². The highest BCUT2D eigenvalue weighted by Gasteiger charge is 2.19. The molecule has 0 spiro atoms. The van der Waals surface area contributed by atoms with E-state index in [2.05, 4.69) is 36.4 Å². The second kappa shape index (κ2) is 7.19. The van der Waals surface area contributed by atoms with Crippen molar-refractivity contribution in [2.75, 3.05) is 31.5 Å². The van der Waals surface area contributed by atoms with Gasteiger partial charge in [-0.25, -0.2) is 4.98 Å². The van der Waals surface area contributed by atoms with Gasteiger partial charge in [-0.05, 0) is 0 Å². The molecule has 2 N–H and O–H groups in total. The molecule has 1 aliphatic rings. The molecular weight excluding hydrogens is 300 g/mol. The van der Waals surface area contributed by atoms with Crippen LogP contribution < -0.4 is 10.6 Å². The van der Waals surface area contributed by atoms with Gasteiger partial charge in [-0.15, -0.1) is 11.3 Å². The van der Waals surface area contributed by atoms with E-state index in [1.807, 2.05) is 10.3 Å². The van der Waals surface area contributed by atoms with E-state index < -0.39 is 0 Å². The maximum atomic E-state index is 12.0. The number of hydrogen-bond acceptors (Lipinski definition) is 5. The van der Waals surface area contributed by atoms with Crippen molar-refractivity contribution in [1.29, 1.82) is 0 Å². The fourth-order valence-electron chi connectivity index (χ4n) is 2.15. The van der Waals surface area contributed by atoms with E-state index in [0.29, 0.717) is 5.13 Å². The van der Waals surface area contributed by atoms with Crippen LogP contribution in [-0.2, 0) is 15.0 Å². The fourth-order valence-corrected chi connectivity index (χ4v) is 3.10. The number of amides is 2. The lowest BCUT2D eigenvalue weighted by molar-refractivity contribution is -0.133. The van der Waals surface area contributed by atoms with E-state index in [4.69, 9.17) is 0 Å². The van der Waals surface area contributed by atoms with Gasteiger partial charge in [-0.1, -0.05) is 20.8 Å². The fraction of sp³-hybridized carbons (Fsp3) is 0.667. The zero-order chi connectivity index (χ0) is 16.2. The maximum absolute atomic E-state index is 12.0. The highest BCUT2D eigenvalue weighted by molar-refractivity contribution is 7.13. The molecule has 1 fully saturated rings. The summed E-state index contributed by atoms with van der Waals surface area (Å²) in [5.41, 5.74) is 0.933. The van der Waals surface area contributed by atoms with Gasteiger partial charge in [-0.2, -0.15) is 0 Å². The number of carbonyl (C=O) groups excluding carboxylic acids is 2. The van der Waals surface area contributed by atoms with Gasteiger partial charge in [0.05, 0.1) is 5.69 Å². The smallest absolute Gasteiger partial charge is 0.226 e. The number of hydrogen-bond donors (Lipinski definition) is 2. The summed E-state index contributed by atoms with van der Waals surface area (Å²) >= 11 is 1.42. The molecule has 6 nitrogen and oxygen atoms in total. The number of aromatic nitrogens is 1. The van der Waals surface area contributed by atoms with Crippen molar-refractivity contribution < 1.29 is 9.59 Å². The first-order chi connectivity index (χ1) is 10.4. The molecule has 1 saturated heterocycles. The first kappa shape index (κ1) is 16.9. The third kappa shape index (κ3) is 4.78. The minimum absolute atomic E-state index is 0.0300. The number of anilines is 1. The molecule has 22 heavy (non-hydrogen) atoms. The van der Waals surface area contributed by atoms with Crippen LogP contribution in [0.15, 0.2) is 5.38 Å². The Balaban J connectivity index is 1.78. The molecule has 2 heterocycles. The van der Waals surface area contributed by atoms with Crippen LogP contribution in [0.2, 0.25) is 0 Å². The van der Waals surface area contributed by atoms with Crippen molar-refractivity contribution in [2.45, 2.75) is 39.0 Å². The van der Waals surface area contributed by atoms with E-state index in [1.165, 1.54) is 11.3 Å². The molecule has 2 rings (SSSR count). The minimum Gasteiger partial charge on any atom is -0.340 e. The molecule has 122 valence electrons. The summed E-state index contributed by atoms with van der Waals surface area (Å²) in [4.78, 5) is 30.2. The van der Waals surface area contributed by atoms with E-state index in [-0.39, 0.29) is 30.1 Å². The van der Waals surface area contributed by atoms with Crippen LogP contribution in [0.25, 0.3) is 0 Å². The lowest BCUT2D eigenvalue weighted by Crippen LogP contribution is -2.46. The summed E-state index contributed by atoms with van der Waals surface area (Å²) in [5, 5.41) is 8.54. The number of rotatable bonds is 4. The third-order valence-corrected chi connectivity index (χ3v) is 4.31. The standard InChI is InChI=1S/C15H24N4O2S/c1-15(2,3)11-10-22-14(17-11)18-12(20)4-5-13(21)19-8-6-16-7-9-19/h10,16H,4-9H2,1-3H3,(H,17,18,20). The van der Waals surface area contributed by atoms with E-state index >= 15 is 0 Å². The van der Waals surface area contributed by atoms with Crippen molar-refractivity contribution in [3.8, 4) is 0 Å². The number of carbonyl (C=O) groups is 2. The molecule has 0 bridgehead atoms. The second-order valence-electron chi connectivity index (χ2n) is 6.47. The van der Waals surface area contributed by atoms with Crippen molar-refractivity contribution in [3.05, 3.63) is 11.1 Å².